The van der Waals surface area contributed by atoms with Crippen molar-refractivity contribution in [3.05, 3.63) is 12.2 Å². The van der Waals surface area contributed by atoms with E-state index >= 15 is 0 Å². The molecule has 0 amide bonds. The lowest BCUT2D eigenvalue weighted by Gasteiger charge is -2.32. The molecule has 18 heavy (non-hydrogen) atoms. The molecule has 1 aliphatic heterocycles. The average Bonchev–Trinajstić information content (AvgIpc) is 2.75. The molecule has 3 aliphatic carbocycles. The third-order valence-electron chi connectivity index (χ3n) is 5.66. The maximum absolute atomic E-state index is 11.5. The van der Waals surface area contributed by atoms with E-state index in [-0.39, 0.29) is 5.97 Å². The number of esters is 1. The van der Waals surface area contributed by atoms with Gasteiger partial charge in [-0.2, -0.15) is 0 Å². The van der Waals surface area contributed by atoms with Crippen molar-refractivity contribution in [1.82, 2.24) is 0 Å². The molecule has 3 heteroatoms. The Morgan fingerprint density at radius 3 is 2.94 bits per heavy atom. The Morgan fingerprint density at radius 2 is 2.17 bits per heavy atom. The second kappa shape index (κ2) is 3.60. The topological polar surface area (TPSA) is 38.8 Å². The van der Waals surface area contributed by atoms with Gasteiger partial charge in [-0.25, -0.2) is 4.79 Å². The summed E-state index contributed by atoms with van der Waals surface area (Å²) in [4.78, 5) is 11.5. The Bertz CT molecular complexity index is 416. The molecule has 7 unspecified atom stereocenters. The average molecular weight is 248 g/mol. The first-order chi connectivity index (χ1) is 8.65. The number of ether oxygens (including phenoxy) is 2. The van der Waals surface area contributed by atoms with E-state index in [0.717, 1.165) is 23.7 Å². The van der Waals surface area contributed by atoms with E-state index in [9.17, 15) is 4.79 Å². The Kier molecular flexibility index (Phi) is 2.20. The van der Waals surface area contributed by atoms with Crippen LogP contribution in [0.25, 0.3) is 0 Å². The van der Waals surface area contributed by atoms with Crippen LogP contribution in [0.4, 0.5) is 0 Å². The summed E-state index contributed by atoms with van der Waals surface area (Å²) in [5.74, 6) is 3.67. The maximum Gasteiger partial charge on any atom is 0.333 e. The van der Waals surface area contributed by atoms with E-state index < -0.39 is 0 Å². The lowest BCUT2D eigenvalue weighted by molar-refractivity contribution is -0.141. The number of epoxide rings is 1. The molecule has 4 rings (SSSR count). The van der Waals surface area contributed by atoms with Crippen molar-refractivity contribution >= 4 is 5.97 Å². The summed E-state index contributed by atoms with van der Waals surface area (Å²) in [6.07, 6.45) is 5.05. The van der Waals surface area contributed by atoms with E-state index in [1.807, 2.05) is 0 Å². The minimum atomic E-state index is -0.235. The molecule has 7 atom stereocenters. The van der Waals surface area contributed by atoms with Crippen LogP contribution in [0, 0.1) is 29.6 Å². The van der Waals surface area contributed by atoms with E-state index in [2.05, 4.69) is 6.58 Å². The molecule has 0 N–H and O–H groups in total. The van der Waals surface area contributed by atoms with E-state index in [0.29, 0.717) is 30.3 Å². The zero-order chi connectivity index (χ0) is 12.4. The van der Waals surface area contributed by atoms with Crippen LogP contribution >= 0.6 is 0 Å². The quantitative estimate of drug-likeness (QED) is 0.436. The fourth-order valence-electron chi connectivity index (χ4n) is 4.94. The smallest absolute Gasteiger partial charge is 0.333 e. The highest BCUT2D eigenvalue weighted by Gasteiger charge is 2.66. The van der Waals surface area contributed by atoms with Crippen molar-refractivity contribution in [3.8, 4) is 0 Å². The largest absolute Gasteiger partial charge is 0.462 e. The van der Waals surface area contributed by atoms with Crippen LogP contribution in [-0.4, -0.2) is 24.8 Å². The van der Waals surface area contributed by atoms with Gasteiger partial charge in [0.1, 0.15) is 0 Å². The van der Waals surface area contributed by atoms with Gasteiger partial charge in [-0.3, -0.25) is 0 Å². The van der Waals surface area contributed by atoms with Gasteiger partial charge in [0.2, 0.25) is 0 Å². The lowest BCUT2D eigenvalue weighted by atomic mass is 9.75. The molecular formula is C15H20O3. The Balaban J connectivity index is 1.40. The van der Waals surface area contributed by atoms with Gasteiger partial charge in [-0.15, -0.1) is 0 Å². The molecule has 0 spiro atoms. The number of fused-ring (bicyclic) bond motifs is 7. The highest BCUT2D eigenvalue weighted by molar-refractivity contribution is 5.86. The highest BCUT2D eigenvalue weighted by atomic mass is 16.6. The Labute approximate surface area is 108 Å². The molecular weight excluding hydrogens is 228 g/mol. The van der Waals surface area contributed by atoms with Gasteiger partial charge < -0.3 is 9.47 Å². The van der Waals surface area contributed by atoms with Crippen LogP contribution in [-0.2, 0) is 14.3 Å². The van der Waals surface area contributed by atoms with Gasteiger partial charge in [0.05, 0.1) is 18.8 Å². The Morgan fingerprint density at radius 1 is 1.33 bits per heavy atom. The molecule has 98 valence electrons. The molecule has 0 aromatic heterocycles. The normalized spacial score (nSPS) is 50.8. The van der Waals surface area contributed by atoms with Crippen molar-refractivity contribution in [3.63, 3.8) is 0 Å². The fourth-order valence-corrected chi connectivity index (χ4v) is 4.94. The van der Waals surface area contributed by atoms with Gasteiger partial charge in [0.15, 0.2) is 0 Å². The van der Waals surface area contributed by atoms with E-state index in [1.54, 1.807) is 6.92 Å². The zero-order valence-electron chi connectivity index (χ0n) is 10.8. The molecule has 3 saturated carbocycles. The maximum atomic E-state index is 11.5. The number of carbonyl (C=O) groups excluding carboxylic acids is 1. The molecule has 4 fully saturated rings. The van der Waals surface area contributed by atoms with Crippen molar-refractivity contribution in [2.75, 3.05) is 6.61 Å². The molecule has 1 saturated heterocycles. The number of rotatable bonds is 3. The summed E-state index contributed by atoms with van der Waals surface area (Å²) in [5.41, 5.74) is 0.502. The third-order valence-corrected chi connectivity index (χ3v) is 5.66. The van der Waals surface area contributed by atoms with Crippen molar-refractivity contribution in [2.45, 2.75) is 38.4 Å². The van der Waals surface area contributed by atoms with Crippen LogP contribution in [0.5, 0.6) is 0 Å². The van der Waals surface area contributed by atoms with Crippen LogP contribution in [0.15, 0.2) is 12.2 Å². The summed E-state index contributed by atoms with van der Waals surface area (Å²) in [6.45, 7) is 5.92. The Hall–Kier alpha value is -0.830. The van der Waals surface area contributed by atoms with E-state index in [1.165, 1.54) is 19.3 Å². The molecule has 0 aromatic rings. The molecule has 3 nitrogen and oxygen atoms in total. The fraction of sp³-hybridized carbons (Fsp3) is 0.800. The number of carbonyl (C=O) groups is 1. The minimum Gasteiger partial charge on any atom is -0.462 e. The SMILES string of the molecule is C=C(C)C(=O)OCC1CC2CC1C1C2CC2OC21. The van der Waals surface area contributed by atoms with Crippen molar-refractivity contribution in [1.29, 1.82) is 0 Å². The minimum absolute atomic E-state index is 0.235. The van der Waals surface area contributed by atoms with Crippen molar-refractivity contribution in [2.24, 2.45) is 29.6 Å². The van der Waals surface area contributed by atoms with Crippen LogP contribution in [0.1, 0.15) is 26.2 Å². The number of hydrogen-bond donors (Lipinski definition) is 0. The summed E-state index contributed by atoms with van der Waals surface area (Å²) < 4.78 is 11.1. The summed E-state index contributed by atoms with van der Waals surface area (Å²) in [6, 6.07) is 0. The highest BCUT2D eigenvalue weighted by Crippen LogP contribution is 2.65. The van der Waals surface area contributed by atoms with Gasteiger partial charge >= 0.3 is 5.97 Å². The van der Waals surface area contributed by atoms with Gasteiger partial charge in [0.25, 0.3) is 0 Å². The van der Waals surface area contributed by atoms with Crippen LogP contribution in [0.3, 0.4) is 0 Å². The van der Waals surface area contributed by atoms with Crippen molar-refractivity contribution < 1.29 is 14.3 Å². The zero-order valence-corrected chi connectivity index (χ0v) is 10.8. The first-order valence-corrected chi connectivity index (χ1v) is 7.13. The molecule has 0 radical (unpaired) electrons. The molecule has 0 aromatic carbocycles. The second-order valence-electron chi connectivity index (χ2n) is 6.65. The van der Waals surface area contributed by atoms with Crippen LogP contribution in [0.2, 0.25) is 0 Å². The van der Waals surface area contributed by atoms with Gasteiger partial charge in [-0.05, 0) is 55.8 Å². The van der Waals surface area contributed by atoms with Gasteiger partial charge in [-0.1, -0.05) is 6.58 Å². The van der Waals surface area contributed by atoms with Crippen LogP contribution < -0.4 is 0 Å². The standard InChI is InChI=1S/C15H20O3/c1-7(2)15(16)17-6-9-3-8-4-10(9)13-11(8)5-12-14(13)18-12/h8-14H,1,3-6H2,2H3. The monoisotopic (exact) mass is 248 g/mol. The summed E-state index contributed by atoms with van der Waals surface area (Å²) >= 11 is 0. The predicted molar refractivity (Wildman–Crippen MR) is 65.7 cm³/mol. The first kappa shape index (κ1) is 11.0. The lowest BCUT2D eigenvalue weighted by Crippen LogP contribution is -2.31. The molecule has 1 heterocycles. The van der Waals surface area contributed by atoms with E-state index in [4.69, 9.17) is 9.47 Å². The first-order valence-electron chi connectivity index (χ1n) is 7.13. The summed E-state index contributed by atoms with van der Waals surface area (Å²) in [5, 5.41) is 0. The molecule has 4 aliphatic rings. The number of hydrogen-bond acceptors (Lipinski definition) is 3. The molecule has 2 bridgehead atoms. The second-order valence-corrected chi connectivity index (χ2v) is 6.65. The predicted octanol–water partition coefficient (Wildman–Crippen LogP) is 2.17. The third kappa shape index (κ3) is 1.43. The summed E-state index contributed by atoms with van der Waals surface area (Å²) in [7, 11) is 0. The van der Waals surface area contributed by atoms with Gasteiger partial charge in [0, 0.05) is 5.57 Å².